The van der Waals surface area contributed by atoms with Crippen LogP contribution < -0.4 is 10.5 Å². The summed E-state index contributed by atoms with van der Waals surface area (Å²) in [6.07, 6.45) is 3.42. The van der Waals surface area contributed by atoms with Crippen molar-refractivity contribution in [3.63, 3.8) is 0 Å². The minimum absolute atomic E-state index is 0.172. The number of nitrogens with zero attached hydrogens (tertiary/aromatic N) is 1. The summed E-state index contributed by atoms with van der Waals surface area (Å²) in [6, 6.07) is 4.61. The smallest absolute Gasteiger partial charge is 0.246 e. The lowest BCUT2D eigenvalue weighted by atomic mass is 9.86. The SMILES string of the molecule is COc1cc(N)ccc1S(=O)(=O)N(C)CC1CCC1. The lowest BCUT2D eigenvalue weighted by Gasteiger charge is -2.29. The van der Waals surface area contributed by atoms with Crippen molar-refractivity contribution in [2.45, 2.75) is 24.2 Å². The predicted molar refractivity (Wildman–Crippen MR) is 74.6 cm³/mol. The summed E-state index contributed by atoms with van der Waals surface area (Å²) in [7, 11) is -0.458. The molecule has 2 rings (SSSR count). The zero-order valence-electron chi connectivity index (χ0n) is 11.3. The van der Waals surface area contributed by atoms with Gasteiger partial charge in [-0.05, 0) is 30.9 Å². The number of nitrogen functional groups attached to an aromatic ring is 1. The lowest BCUT2D eigenvalue weighted by molar-refractivity contribution is 0.262. The topological polar surface area (TPSA) is 72.6 Å². The highest BCUT2D eigenvalue weighted by Crippen LogP contribution is 2.31. The molecule has 1 saturated carbocycles. The molecule has 0 spiro atoms. The first-order valence-electron chi connectivity index (χ1n) is 6.35. The van der Waals surface area contributed by atoms with Crippen LogP contribution in [0, 0.1) is 5.92 Å². The van der Waals surface area contributed by atoms with Crippen LogP contribution in [0.2, 0.25) is 0 Å². The van der Waals surface area contributed by atoms with Gasteiger partial charge in [0.1, 0.15) is 10.6 Å². The van der Waals surface area contributed by atoms with Crippen molar-refractivity contribution in [1.29, 1.82) is 0 Å². The van der Waals surface area contributed by atoms with Crippen molar-refractivity contribution in [3.05, 3.63) is 18.2 Å². The van der Waals surface area contributed by atoms with Crippen LogP contribution in [0.4, 0.5) is 5.69 Å². The third kappa shape index (κ3) is 2.84. The molecule has 2 N–H and O–H groups in total. The molecule has 0 aliphatic heterocycles. The number of rotatable bonds is 5. The Kier molecular flexibility index (Phi) is 4.01. The number of anilines is 1. The lowest BCUT2D eigenvalue weighted by Crippen LogP contribution is -2.34. The molecule has 1 fully saturated rings. The second-order valence-corrected chi connectivity index (χ2v) is 7.01. The van der Waals surface area contributed by atoms with Gasteiger partial charge in [0.25, 0.3) is 0 Å². The Balaban J connectivity index is 2.27. The van der Waals surface area contributed by atoms with Gasteiger partial charge in [0, 0.05) is 25.3 Å². The van der Waals surface area contributed by atoms with Crippen LogP contribution in [-0.2, 0) is 10.0 Å². The fraction of sp³-hybridized carbons (Fsp3) is 0.538. The van der Waals surface area contributed by atoms with E-state index in [0.717, 1.165) is 12.8 Å². The van der Waals surface area contributed by atoms with E-state index in [9.17, 15) is 8.42 Å². The number of methoxy groups -OCH3 is 1. The van der Waals surface area contributed by atoms with Crippen molar-refractivity contribution < 1.29 is 13.2 Å². The number of hydrogen-bond acceptors (Lipinski definition) is 4. The third-order valence-electron chi connectivity index (χ3n) is 3.62. The van der Waals surface area contributed by atoms with Gasteiger partial charge in [-0.1, -0.05) is 6.42 Å². The molecule has 0 bridgehead atoms. The van der Waals surface area contributed by atoms with Gasteiger partial charge in [0.05, 0.1) is 7.11 Å². The summed E-state index contributed by atoms with van der Waals surface area (Å²) >= 11 is 0. The van der Waals surface area contributed by atoms with Crippen molar-refractivity contribution in [2.24, 2.45) is 5.92 Å². The van der Waals surface area contributed by atoms with Gasteiger partial charge in [-0.15, -0.1) is 0 Å². The number of ether oxygens (including phenoxy) is 1. The van der Waals surface area contributed by atoms with Gasteiger partial charge in [0.15, 0.2) is 0 Å². The van der Waals surface area contributed by atoms with Crippen LogP contribution in [-0.4, -0.2) is 33.4 Å². The Morgan fingerprint density at radius 1 is 1.42 bits per heavy atom. The first-order valence-corrected chi connectivity index (χ1v) is 7.79. The minimum Gasteiger partial charge on any atom is -0.495 e. The molecule has 0 heterocycles. The summed E-state index contributed by atoms with van der Waals surface area (Å²) in [4.78, 5) is 0.172. The Bertz CT molecular complexity index is 553. The summed E-state index contributed by atoms with van der Waals surface area (Å²) in [5.74, 6) is 0.778. The van der Waals surface area contributed by atoms with Crippen molar-refractivity contribution in [3.8, 4) is 5.75 Å². The highest BCUT2D eigenvalue weighted by molar-refractivity contribution is 7.89. The molecule has 0 radical (unpaired) electrons. The van der Waals surface area contributed by atoms with E-state index in [0.29, 0.717) is 23.9 Å². The molecular weight excluding hydrogens is 264 g/mol. The van der Waals surface area contributed by atoms with Crippen molar-refractivity contribution >= 4 is 15.7 Å². The third-order valence-corrected chi connectivity index (χ3v) is 5.48. The van der Waals surface area contributed by atoms with Crippen LogP contribution in [0.3, 0.4) is 0 Å². The summed E-state index contributed by atoms with van der Waals surface area (Å²) in [5, 5.41) is 0. The van der Waals surface area contributed by atoms with E-state index in [1.807, 2.05) is 0 Å². The molecule has 6 heteroatoms. The minimum atomic E-state index is -3.52. The molecule has 0 atom stereocenters. The average molecular weight is 284 g/mol. The Hall–Kier alpha value is -1.27. The number of hydrogen-bond donors (Lipinski definition) is 1. The summed E-state index contributed by atoms with van der Waals surface area (Å²) in [6.45, 7) is 0.565. The maximum absolute atomic E-state index is 12.5. The molecule has 0 unspecified atom stereocenters. The normalized spacial score (nSPS) is 16.4. The average Bonchev–Trinajstić information content (AvgIpc) is 2.32. The molecular formula is C13H20N2O3S. The van der Waals surface area contributed by atoms with Crippen molar-refractivity contribution in [2.75, 3.05) is 26.4 Å². The van der Waals surface area contributed by atoms with Crippen LogP contribution in [0.25, 0.3) is 0 Å². The first kappa shape index (κ1) is 14.1. The van der Waals surface area contributed by atoms with Gasteiger partial charge < -0.3 is 10.5 Å². The molecule has 0 amide bonds. The predicted octanol–water partition coefficient (Wildman–Crippen LogP) is 1.70. The Labute approximate surface area is 114 Å². The Morgan fingerprint density at radius 3 is 2.63 bits per heavy atom. The van der Waals surface area contributed by atoms with E-state index in [1.54, 1.807) is 13.1 Å². The molecule has 1 aromatic carbocycles. The van der Waals surface area contributed by atoms with Crippen LogP contribution in [0.15, 0.2) is 23.1 Å². The van der Waals surface area contributed by atoms with Crippen LogP contribution >= 0.6 is 0 Å². The van der Waals surface area contributed by atoms with E-state index >= 15 is 0 Å². The number of benzene rings is 1. The molecule has 5 nitrogen and oxygen atoms in total. The highest BCUT2D eigenvalue weighted by Gasteiger charge is 2.28. The van der Waals surface area contributed by atoms with E-state index < -0.39 is 10.0 Å². The molecule has 0 aromatic heterocycles. The standard InChI is InChI=1S/C13H20N2O3S/c1-15(9-10-4-3-5-10)19(16,17)13-7-6-11(14)8-12(13)18-2/h6-8,10H,3-5,9,14H2,1-2H3. The number of sulfonamides is 1. The van der Waals surface area contributed by atoms with Gasteiger partial charge in [-0.3, -0.25) is 0 Å². The van der Waals surface area contributed by atoms with E-state index in [-0.39, 0.29) is 4.90 Å². The second kappa shape index (κ2) is 5.38. The Morgan fingerprint density at radius 2 is 2.11 bits per heavy atom. The van der Waals surface area contributed by atoms with E-state index in [4.69, 9.17) is 10.5 Å². The molecule has 1 aromatic rings. The molecule has 1 aliphatic rings. The monoisotopic (exact) mass is 284 g/mol. The molecule has 1 aliphatic carbocycles. The largest absolute Gasteiger partial charge is 0.495 e. The molecule has 19 heavy (non-hydrogen) atoms. The first-order chi connectivity index (χ1) is 8.95. The quantitative estimate of drug-likeness (QED) is 0.835. The maximum Gasteiger partial charge on any atom is 0.246 e. The van der Waals surface area contributed by atoms with Gasteiger partial charge in [-0.25, -0.2) is 12.7 Å². The van der Waals surface area contributed by atoms with E-state index in [2.05, 4.69) is 0 Å². The van der Waals surface area contributed by atoms with Crippen molar-refractivity contribution in [1.82, 2.24) is 4.31 Å². The van der Waals surface area contributed by atoms with Crippen LogP contribution in [0.1, 0.15) is 19.3 Å². The fourth-order valence-corrected chi connectivity index (χ4v) is 3.58. The fourth-order valence-electron chi connectivity index (χ4n) is 2.20. The molecule has 0 saturated heterocycles. The van der Waals surface area contributed by atoms with Crippen LogP contribution in [0.5, 0.6) is 5.75 Å². The van der Waals surface area contributed by atoms with E-state index in [1.165, 1.54) is 30.0 Å². The summed E-state index contributed by atoms with van der Waals surface area (Å²) in [5.41, 5.74) is 6.13. The van der Waals surface area contributed by atoms with Gasteiger partial charge in [0.2, 0.25) is 10.0 Å². The summed E-state index contributed by atoms with van der Waals surface area (Å²) < 4.78 is 31.5. The van der Waals surface area contributed by atoms with Gasteiger partial charge >= 0.3 is 0 Å². The zero-order chi connectivity index (χ0) is 14.0. The zero-order valence-corrected chi connectivity index (χ0v) is 12.1. The van der Waals surface area contributed by atoms with Gasteiger partial charge in [-0.2, -0.15) is 0 Å². The highest BCUT2D eigenvalue weighted by atomic mass is 32.2. The maximum atomic E-state index is 12.5. The molecule has 106 valence electrons. The second-order valence-electron chi connectivity index (χ2n) is 4.99. The number of nitrogens with two attached hydrogens (primary N) is 1.